The summed E-state index contributed by atoms with van der Waals surface area (Å²) >= 11 is 6.13. The molecule has 23 heavy (non-hydrogen) atoms. The van der Waals surface area contributed by atoms with Gasteiger partial charge in [0.25, 0.3) is 0 Å². The zero-order valence-corrected chi connectivity index (χ0v) is 15.0. The topological polar surface area (TPSA) is 35.6 Å². The summed E-state index contributed by atoms with van der Waals surface area (Å²) in [5.41, 5.74) is 0.0439. The van der Waals surface area contributed by atoms with E-state index >= 15 is 0 Å². The fraction of sp³-hybridized carbons (Fsp3) is 0.588. The molecule has 0 saturated carbocycles. The summed E-state index contributed by atoms with van der Waals surface area (Å²) in [6.45, 7) is 9.35. The molecule has 1 N–H and O–H groups in total. The van der Waals surface area contributed by atoms with Crippen LogP contribution in [0.4, 0.5) is 4.39 Å². The zero-order valence-electron chi connectivity index (χ0n) is 14.2. The molecule has 1 saturated heterocycles. The number of likely N-dealkylation sites (N-methyl/N-ethyl adjacent to an activating group) is 1. The summed E-state index contributed by atoms with van der Waals surface area (Å²) < 4.78 is 13.2. The summed E-state index contributed by atoms with van der Waals surface area (Å²) in [6.07, 6.45) is 0. The molecule has 2 rings (SSSR count). The van der Waals surface area contributed by atoms with Gasteiger partial charge in [-0.25, -0.2) is 4.39 Å². The molecular formula is C17H25ClFN3O. The maximum atomic E-state index is 13.2. The minimum atomic E-state index is -0.664. The Balaban J connectivity index is 2.05. The first-order chi connectivity index (χ1) is 10.7. The van der Waals surface area contributed by atoms with Crippen molar-refractivity contribution in [1.29, 1.82) is 0 Å². The van der Waals surface area contributed by atoms with E-state index in [2.05, 4.69) is 22.2 Å². The summed E-state index contributed by atoms with van der Waals surface area (Å²) in [5, 5.41) is 3.36. The normalized spacial score (nSPS) is 18.7. The third kappa shape index (κ3) is 4.43. The van der Waals surface area contributed by atoms with Crippen LogP contribution in [0.1, 0.15) is 26.3 Å². The number of halogens is 2. The Morgan fingerprint density at radius 3 is 2.48 bits per heavy atom. The van der Waals surface area contributed by atoms with E-state index in [1.807, 2.05) is 20.8 Å². The van der Waals surface area contributed by atoms with E-state index in [1.165, 1.54) is 12.1 Å². The van der Waals surface area contributed by atoms with E-state index in [4.69, 9.17) is 11.6 Å². The lowest BCUT2D eigenvalue weighted by molar-refractivity contribution is -0.128. The number of amides is 1. The van der Waals surface area contributed by atoms with Crippen molar-refractivity contribution in [1.82, 2.24) is 15.1 Å². The molecule has 1 fully saturated rings. The van der Waals surface area contributed by atoms with E-state index in [-0.39, 0.29) is 17.8 Å². The second kappa shape index (κ2) is 7.16. The first-order valence-corrected chi connectivity index (χ1v) is 8.28. The van der Waals surface area contributed by atoms with E-state index in [0.717, 1.165) is 26.2 Å². The lowest BCUT2D eigenvalue weighted by Crippen LogP contribution is -2.55. The van der Waals surface area contributed by atoms with Crippen LogP contribution in [0.15, 0.2) is 18.2 Å². The number of benzene rings is 1. The maximum Gasteiger partial charge on any atom is 0.237 e. The average molecular weight is 342 g/mol. The van der Waals surface area contributed by atoms with Crippen molar-refractivity contribution in [3.63, 3.8) is 0 Å². The van der Waals surface area contributed by atoms with Crippen molar-refractivity contribution in [2.75, 3.05) is 33.2 Å². The monoisotopic (exact) mass is 341 g/mol. The van der Waals surface area contributed by atoms with E-state index in [0.29, 0.717) is 10.6 Å². The third-order valence-electron chi connectivity index (χ3n) is 4.51. The number of rotatable bonds is 4. The molecule has 1 aliphatic rings. The van der Waals surface area contributed by atoms with Gasteiger partial charge in [0.2, 0.25) is 5.91 Å². The Morgan fingerprint density at radius 1 is 1.30 bits per heavy atom. The Morgan fingerprint density at radius 2 is 1.91 bits per heavy atom. The van der Waals surface area contributed by atoms with Gasteiger partial charge in [-0.3, -0.25) is 9.69 Å². The van der Waals surface area contributed by atoms with E-state index in [1.54, 1.807) is 6.07 Å². The quantitative estimate of drug-likeness (QED) is 0.913. The lowest BCUT2D eigenvalue weighted by atomic mass is 9.93. The molecule has 4 nitrogen and oxygen atoms in total. The highest BCUT2D eigenvalue weighted by Crippen LogP contribution is 2.28. The molecule has 0 radical (unpaired) electrons. The average Bonchev–Trinajstić information content (AvgIpc) is 2.46. The second-order valence-electron chi connectivity index (χ2n) is 6.75. The van der Waals surface area contributed by atoms with Gasteiger partial charge in [-0.1, -0.05) is 17.7 Å². The van der Waals surface area contributed by atoms with Gasteiger partial charge in [-0.2, -0.15) is 0 Å². The first-order valence-electron chi connectivity index (χ1n) is 7.91. The SMILES string of the molecule is CC(C(=O)NC(C)(C)c1ccc(F)cc1Cl)N1CCN(C)CC1. The molecule has 0 aliphatic carbocycles. The lowest BCUT2D eigenvalue weighted by Gasteiger charge is -2.37. The van der Waals surface area contributed by atoms with E-state index in [9.17, 15) is 9.18 Å². The molecule has 1 unspecified atom stereocenters. The second-order valence-corrected chi connectivity index (χ2v) is 7.16. The molecule has 1 heterocycles. The standard InChI is InChI=1S/C17H25ClFN3O/c1-12(22-9-7-21(4)8-10-22)16(23)20-17(2,3)14-6-5-13(19)11-15(14)18/h5-6,11-12H,7-10H2,1-4H3,(H,20,23). The fourth-order valence-electron chi connectivity index (χ4n) is 2.85. The van der Waals surface area contributed by atoms with Crippen molar-refractivity contribution < 1.29 is 9.18 Å². The highest BCUT2D eigenvalue weighted by atomic mass is 35.5. The Hall–Kier alpha value is -1.17. The van der Waals surface area contributed by atoms with Crippen LogP contribution in [-0.2, 0) is 10.3 Å². The molecule has 128 valence electrons. The van der Waals surface area contributed by atoms with Crippen LogP contribution in [0.25, 0.3) is 0 Å². The van der Waals surface area contributed by atoms with Crippen LogP contribution in [0.5, 0.6) is 0 Å². The van der Waals surface area contributed by atoms with Gasteiger partial charge in [0.1, 0.15) is 5.82 Å². The van der Waals surface area contributed by atoms with Crippen molar-refractivity contribution in [3.05, 3.63) is 34.6 Å². The maximum absolute atomic E-state index is 13.2. The van der Waals surface area contributed by atoms with Gasteiger partial charge in [0, 0.05) is 31.2 Å². The Labute approximate surface area is 142 Å². The number of hydrogen-bond acceptors (Lipinski definition) is 3. The molecule has 0 aromatic heterocycles. The van der Waals surface area contributed by atoms with Crippen LogP contribution in [-0.4, -0.2) is 55.0 Å². The molecule has 0 bridgehead atoms. The Bertz CT molecular complexity index is 571. The van der Waals surface area contributed by atoms with Crippen LogP contribution < -0.4 is 5.32 Å². The molecule has 0 spiro atoms. The molecule has 1 amide bonds. The predicted octanol–water partition coefficient (Wildman–Crippen LogP) is 2.47. The smallest absolute Gasteiger partial charge is 0.237 e. The Kier molecular flexibility index (Phi) is 5.65. The number of piperazine rings is 1. The van der Waals surface area contributed by atoms with Crippen molar-refractivity contribution in [3.8, 4) is 0 Å². The fourth-order valence-corrected chi connectivity index (χ4v) is 3.25. The third-order valence-corrected chi connectivity index (χ3v) is 4.82. The van der Waals surface area contributed by atoms with Gasteiger partial charge in [-0.15, -0.1) is 0 Å². The number of carbonyl (C=O) groups excluding carboxylic acids is 1. The zero-order chi connectivity index (χ0) is 17.2. The van der Waals surface area contributed by atoms with Gasteiger partial charge < -0.3 is 10.2 Å². The number of nitrogens with one attached hydrogen (secondary N) is 1. The van der Waals surface area contributed by atoms with Crippen LogP contribution in [0, 0.1) is 5.82 Å². The van der Waals surface area contributed by atoms with Crippen LogP contribution >= 0.6 is 11.6 Å². The molecule has 6 heteroatoms. The number of nitrogens with zero attached hydrogens (tertiary/aromatic N) is 2. The van der Waals surface area contributed by atoms with Crippen molar-refractivity contribution >= 4 is 17.5 Å². The highest BCUT2D eigenvalue weighted by Gasteiger charge is 2.30. The van der Waals surface area contributed by atoms with Gasteiger partial charge >= 0.3 is 0 Å². The summed E-state index contributed by atoms with van der Waals surface area (Å²) in [6, 6.07) is 4.05. The summed E-state index contributed by atoms with van der Waals surface area (Å²) in [5.74, 6) is -0.424. The van der Waals surface area contributed by atoms with E-state index < -0.39 is 5.54 Å². The molecular weight excluding hydrogens is 317 g/mol. The summed E-state index contributed by atoms with van der Waals surface area (Å²) in [4.78, 5) is 17.0. The molecule has 1 aromatic rings. The molecule has 1 atom stereocenters. The van der Waals surface area contributed by atoms with Crippen LogP contribution in [0.2, 0.25) is 5.02 Å². The van der Waals surface area contributed by atoms with Gasteiger partial charge in [-0.05, 0) is 45.5 Å². The van der Waals surface area contributed by atoms with Gasteiger partial charge in [0.15, 0.2) is 0 Å². The molecule has 1 aromatic carbocycles. The first kappa shape index (κ1) is 18.2. The summed E-state index contributed by atoms with van der Waals surface area (Å²) in [7, 11) is 2.09. The van der Waals surface area contributed by atoms with Crippen LogP contribution in [0.3, 0.4) is 0 Å². The number of hydrogen-bond donors (Lipinski definition) is 1. The highest BCUT2D eigenvalue weighted by molar-refractivity contribution is 6.31. The largest absolute Gasteiger partial charge is 0.346 e. The van der Waals surface area contributed by atoms with Crippen molar-refractivity contribution in [2.24, 2.45) is 0 Å². The number of carbonyl (C=O) groups is 1. The van der Waals surface area contributed by atoms with Gasteiger partial charge in [0.05, 0.1) is 11.6 Å². The minimum Gasteiger partial charge on any atom is -0.346 e. The molecule has 1 aliphatic heterocycles. The minimum absolute atomic E-state index is 0.0417. The van der Waals surface area contributed by atoms with Crippen molar-refractivity contribution in [2.45, 2.75) is 32.4 Å². The predicted molar refractivity (Wildman–Crippen MR) is 91.1 cm³/mol.